The van der Waals surface area contributed by atoms with Crippen molar-refractivity contribution in [3.63, 3.8) is 0 Å². The molecule has 0 aliphatic carbocycles. The van der Waals surface area contributed by atoms with E-state index < -0.39 is 0 Å². The number of carbonyl (C=O) groups excluding carboxylic acids is 1. The molecule has 1 aliphatic rings. The van der Waals surface area contributed by atoms with Gasteiger partial charge < -0.3 is 10.6 Å². The van der Waals surface area contributed by atoms with Gasteiger partial charge in [-0.15, -0.1) is 0 Å². The fourth-order valence-electron chi connectivity index (χ4n) is 2.47. The maximum absolute atomic E-state index is 12.5. The maximum Gasteiger partial charge on any atom is 0.254 e. The summed E-state index contributed by atoms with van der Waals surface area (Å²) in [5.41, 5.74) is 7.78. The number of hydrogen-bond donors (Lipinski definition) is 1. The van der Waals surface area contributed by atoms with Crippen molar-refractivity contribution in [2.24, 2.45) is 5.73 Å². The molecule has 1 atom stereocenters. The summed E-state index contributed by atoms with van der Waals surface area (Å²) in [5, 5.41) is 0. The lowest BCUT2D eigenvalue weighted by Gasteiger charge is -2.25. The van der Waals surface area contributed by atoms with E-state index in [1.54, 1.807) is 0 Å². The lowest BCUT2D eigenvalue weighted by atomic mass is 9.83. The molecular weight excluding hydrogens is 224 g/mol. The van der Waals surface area contributed by atoms with E-state index in [9.17, 15) is 4.79 Å². The Morgan fingerprint density at radius 1 is 1.33 bits per heavy atom. The van der Waals surface area contributed by atoms with Gasteiger partial charge >= 0.3 is 0 Å². The van der Waals surface area contributed by atoms with Gasteiger partial charge in [-0.05, 0) is 23.5 Å². The molecule has 0 saturated carbocycles. The van der Waals surface area contributed by atoms with Gasteiger partial charge in [0.15, 0.2) is 0 Å². The molecule has 1 unspecified atom stereocenters. The number of nitrogens with zero attached hydrogens (tertiary/aromatic N) is 1. The van der Waals surface area contributed by atoms with Gasteiger partial charge in [-0.1, -0.05) is 39.0 Å². The first-order valence-electron chi connectivity index (χ1n) is 6.54. The quantitative estimate of drug-likeness (QED) is 0.825. The maximum atomic E-state index is 12.5. The van der Waals surface area contributed by atoms with Crippen LogP contribution in [0.15, 0.2) is 24.3 Å². The van der Waals surface area contributed by atoms with Crippen LogP contribution < -0.4 is 5.73 Å². The highest BCUT2D eigenvalue weighted by molar-refractivity contribution is 5.96. The molecule has 1 fully saturated rings. The Hall–Kier alpha value is -1.35. The molecule has 0 bridgehead atoms. The molecule has 0 radical (unpaired) electrons. The average Bonchev–Trinajstić information content (AvgIpc) is 2.74. The Balaban J connectivity index is 2.31. The Morgan fingerprint density at radius 3 is 2.56 bits per heavy atom. The summed E-state index contributed by atoms with van der Waals surface area (Å²) in [7, 11) is 0. The van der Waals surface area contributed by atoms with Crippen molar-refractivity contribution in [3.05, 3.63) is 35.4 Å². The molecule has 2 N–H and O–H groups in total. The van der Waals surface area contributed by atoms with E-state index in [0.717, 1.165) is 24.1 Å². The van der Waals surface area contributed by atoms with Crippen LogP contribution in [0.4, 0.5) is 0 Å². The molecule has 3 nitrogen and oxygen atoms in total. The number of likely N-dealkylation sites (tertiary alicyclic amines) is 1. The van der Waals surface area contributed by atoms with Gasteiger partial charge in [-0.3, -0.25) is 4.79 Å². The first-order chi connectivity index (χ1) is 8.39. The molecule has 1 aliphatic heterocycles. The lowest BCUT2D eigenvalue weighted by molar-refractivity contribution is 0.0788. The summed E-state index contributed by atoms with van der Waals surface area (Å²) in [6, 6.07) is 8.03. The standard InChI is InChI=1S/C15H22N2O/c1-15(2,3)13-7-5-4-6-12(13)14(18)17-9-8-11(16)10-17/h4-7,11H,8-10,16H2,1-3H3. The minimum Gasteiger partial charge on any atom is -0.337 e. The fraction of sp³-hybridized carbons (Fsp3) is 0.533. The highest BCUT2D eigenvalue weighted by atomic mass is 16.2. The third-order valence-corrected chi connectivity index (χ3v) is 3.48. The zero-order chi connectivity index (χ0) is 13.3. The second-order valence-electron chi connectivity index (χ2n) is 6.10. The van der Waals surface area contributed by atoms with Crippen molar-refractivity contribution < 1.29 is 4.79 Å². The molecule has 1 amide bonds. The molecule has 1 heterocycles. The monoisotopic (exact) mass is 246 g/mol. The van der Waals surface area contributed by atoms with Crippen LogP contribution in [0.2, 0.25) is 0 Å². The zero-order valence-electron chi connectivity index (χ0n) is 11.4. The van der Waals surface area contributed by atoms with E-state index in [0.29, 0.717) is 6.54 Å². The minimum absolute atomic E-state index is 0.0197. The Bertz CT molecular complexity index is 448. The number of hydrogen-bond acceptors (Lipinski definition) is 2. The molecule has 98 valence electrons. The summed E-state index contributed by atoms with van der Waals surface area (Å²) in [6.07, 6.45) is 0.906. The van der Waals surface area contributed by atoms with E-state index >= 15 is 0 Å². The van der Waals surface area contributed by atoms with Crippen molar-refractivity contribution in [2.45, 2.75) is 38.6 Å². The smallest absolute Gasteiger partial charge is 0.254 e. The predicted molar refractivity (Wildman–Crippen MR) is 73.6 cm³/mol. The molecule has 1 saturated heterocycles. The topological polar surface area (TPSA) is 46.3 Å². The Morgan fingerprint density at radius 2 is 2.00 bits per heavy atom. The van der Waals surface area contributed by atoms with Gasteiger partial charge in [0.05, 0.1) is 0 Å². The van der Waals surface area contributed by atoms with E-state index in [4.69, 9.17) is 5.73 Å². The second-order valence-corrected chi connectivity index (χ2v) is 6.10. The van der Waals surface area contributed by atoms with Gasteiger partial charge in [-0.25, -0.2) is 0 Å². The van der Waals surface area contributed by atoms with E-state index in [2.05, 4.69) is 20.8 Å². The van der Waals surface area contributed by atoms with Crippen LogP contribution in [0.5, 0.6) is 0 Å². The molecule has 0 aromatic heterocycles. The third kappa shape index (κ3) is 2.56. The number of amides is 1. The SMILES string of the molecule is CC(C)(C)c1ccccc1C(=O)N1CCC(N)C1. The predicted octanol–water partition coefficient (Wildman–Crippen LogP) is 2.16. The summed E-state index contributed by atoms with van der Waals surface area (Å²) >= 11 is 0. The first kappa shape index (κ1) is 13.1. The van der Waals surface area contributed by atoms with Crippen molar-refractivity contribution in [2.75, 3.05) is 13.1 Å². The van der Waals surface area contributed by atoms with Crippen LogP contribution in [0.25, 0.3) is 0 Å². The average molecular weight is 246 g/mol. The fourth-order valence-corrected chi connectivity index (χ4v) is 2.47. The lowest BCUT2D eigenvalue weighted by Crippen LogP contribution is -2.33. The molecule has 3 heteroatoms. The van der Waals surface area contributed by atoms with Gasteiger partial charge in [0, 0.05) is 24.7 Å². The summed E-state index contributed by atoms with van der Waals surface area (Å²) in [4.78, 5) is 14.4. The zero-order valence-corrected chi connectivity index (χ0v) is 11.4. The minimum atomic E-state index is -0.0197. The van der Waals surface area contributed by atoms with Crippen LogP contribution >= 0.6 is 0 Å². The molecular formula is C15H22N2O. The highest BCUT2D eigenvalue weighted by Gasteiger charge is 2.28. The van der Waals surface area contributed by atoms with Crippen LogP contribution in [0.1, 0.15) is 43.1 Å². The molecule has 0 spiro atoms. The van der Waals surface area contributed by atoms with Gasteiger partial charge in [0.2, 0.25) is 0 Å². The second kappa shape index (κ2) is 4.73. The largest absolute Gasteiger partial charge is 0.337 e. The van der Waals surface area contributed by atoms with Crippen molar-refractivity contribution >= 4 is 5.91 Å². The van der Waals surface area contributed by atoms with Gasteiger partial charge in [-0.2, -0.15) is 0 Å². The van der Waals surface area contributed by atoms with Gasteiger partial charge in [0.25, 0.3) is 5.91 Å². The van der Waals surface area contributed by atoms with E-state index in [1.165, 1.54) is 0 Å². The van der Waals surface area contributed by atoms with Crippen molar-refractivity contribution in [1.29, 1.82) is 0 Å². The number of nitrogens with two attached hydrogens (primary N) is 1. The van der Waals surface area contributed by atoms with E-state index in [1.807, 2.05) is 29.2 Å². The molecule has 1 aromatic carbocycles. The molecule has 2 rings (SSSR count). The third-order valence-electron chi connectivity index (χ3n) is 3.48. The van der Waals surface area contributed by atoms with E-state index in [-0.39, 0.29) is 17.4 Å². The molecule has 1 aromatic rings. The van der Waals surface area contributed by atoms with Crippen molar-refractivity contribution in [3.8, 4) is 0 Å². The number of benzene rings is 1. The van der Waals surface area contributed by atoms with Crippen LogP contribution in [-0.2, 0) is 5.41 Å². The first-order valence-corrected chi connectivity index (χ1v) is 6.54. The summed E-state index contributed by atoms with van der Waals surface area (Å²) < 4.78 is 0. The molecule has 18 heavy (non-hydrogen) atoms. The summed E-state index contributed by atoms with van der Waals surface area (Å²) in [6.45, 7) is 7.86. The van der Waals surface area contributed by atoms with Crippen LogP contribution in [-0.4, -0.2) is 29.9 Å². The van der Waals surface area contributed by atoms with Gasteiger partial charge in [0.1, 0.15) is 0 Å². The Labute approximate surface area is 109 Å². The number of carbonyl (C=O) groups is 1. The van der Waals surface area contributed by atoms with Crippen LogP contribution in [0, 0.1) is 0 Å². The highest BCUT2D eigenvalue weighted by Crippen LogP contribution is 2.27. The van der Waals surface area contributed by atoms with Crippen LogP contribution in [0.3, 0.4) is 0 Å². The van der Waals surface area contributed by atoms with Crippen molar-refractivity contribution in [1.82, 2.24) is 4.90 Å². The Kier molecular flexibility index (Phi) is 3.44. The summed E-state index contributed by atoms with van der Waals surface area (Å²) in [5.74, 6) is 0.119. The number of rotatable bonds is 1. The normalized spacial score (nSPS) is 20.2.